The Morgan fingerprint density at radius 3 is 2.33 bits per heavy atom. The summed E-state index contributed by atoms with van der Waals surface area (Å²) >= 11 is 0. The molecule has 0 bridgehead atoms. The van der Waals surface area contributed by atoms with Gasteiger partial charge in [0.2, 0.25) is 0 Å². The Morgan fingerprint density at radius 2 is 1.79 bits per heavy atom. The van der Waals surface area contributed by atoms with Gasteiger partial charge in [-0.2, -0.15) is 5.10 Å². The summed E-state index contributed by atoms with van der Waals surface area (Å²) in [5.41, 5.74) is 2.54. The third kappa shape index (κ3) is 3.48. The molecule has 2 N–H and O–H groups in total. The summed E-state index contributed by atoms with van der Waals surface area (Å²) in [6, 6.07) is 9.30. The summed E-state index contributed by atoms with van der Waals surface area (Å²) in [5, 5.41) is 16.3. The van der Waals surface area contributed by atoms with E-state index >= 15 is 0 Å². The number of hydrogen-bond donors (Lipinski definition) is 2. The van der Waals surface area contributed by atoms with Crippen LogP contribution in [0.15, 0.2) is 36.5 Å². The topological polar surface area (TPSA) is 84.2 Å². The second kappa shape index (κ2) is 6.86. The molecule has 24 heavy (non-hydrogen) atoms. The molecule has 0 radical (unpaired) electrons. The van der Waals surface area contributed by atoms with Gasteiger partial charge in [0.05, 0.1) is 11.6 Å². The predicted octanol–water partition coefficient (Wildman–Crippen LogP) is 2.55. The molecule has 0 unspecified atom stereocenters. The molecule has 3 rings (SSSR count). The summed E-state index contributed by atoms with van der Waals surface area (Å²) in [7, 11) is 0. The molecule has 1 saturated carbocycles. The zero-order valence-electron chi connectivity index (χ0n) is 13.6. The maximum absolute atomic E-state index is 12.3. The van der Waals surface area contributed by atoms with Crippen LogP contribution in [0.25, 0.3) is 5.69 Å². The molecule has 2 aromatic rings. The number of rotatable bonds is 4. The molecule has 126 valence electrons. The van der Waals surface area contributed by atoms with Gasteiger partial charge in [0.15, 0.2) is 0 Å². The van der Waals surface area contributed by atoms with Crippen molar-refractivity contribution in [3.63, 3.8) is 0 Å². The third-order valence-corrected chi connectivity index (χ3v) is 4.62. The van der Waals surface area contributed by atoms with Crippen LogP contribution in [0, 0.1) is 12.8 Å². The molecule has 6 heteroatoms. The van der Waals surface area contributed by atoms with E-state index in [0.29, 0.717) is 31.2 Å². The lowest BCUT2D eigenvalue weighted by Crippen LogP contribution is -2.38. The van der Waals surface area contributed by atoms with Gasteiger partial charge in [-0.25, -0.2) is 4.68 Å². The van der Waals surface area contributed by atoms with Crippen LogP contribution in [0.1, 0.15) is 41.7 Å². The number of carbonyl (C=O) groups is 2. The lowest BCUT2D eigenvalue weighted by atomic mass is 9.86. The molecule has 1 aliphatic rings. The van der Waals surface area contributed by atoms with Gasteiger partial charge in [0.25, 0.3) is 5.91 Å². The van der Waals surface area contributed by atoms with E-state index in [2.05, 4.69) is 10.4 Å². The van der Waals surface area contributed by atoms with Crippen LogP contribution in [-0.4, -0.2) is 32.8 Å². The molecule has 1 aliphatic carbocycles. The van der Waals surface area contributed by atoms with E-state index < -0.39 is 5.97 Å². The number of nitrogens with zero attached hydrogens (tertiary/aromatic N) is 2. The first kappa shape index (κ1) is 16.2. The second-order valence-electron chi connectivity index (χ2n) is 6.29. The van der Waals surface area contributed by atoms with E-state index in [-0.39, 0.29) is 17.9 Å². The van der Waals surface area contributed by atoms with E-state index in [1.807, 2.05) is 29.8 Å². The number of nitrogens with one attached hydrogen (secondary N) is 1. The third-order valence-electron chi connectivity index (χ3n) is 4.62. The molecular formula is C18H21N3O3. The molecule has 0 aliphatic heterocycles. The molecule has 1 aromatic carbocycles. The molecule has 0 spiro atoms. The fourth-order valence-corrected chi connectivity index (χ4v) is 3.15. The normalized spacial score (nSPS) is 20.5. The Hall–Kier alpha value is -2.63. The first-order valence-corrected chi connectivity index (χ1v) is 8.19. The summed E-state index contributed by atoms with van der Waals surface area (Å²) in [4.78, 5) is 23.3. The van der Waals surface area contributed by atoms with Gasteiger partial charge in [0, 0.05) is 23.5 Å². The van der Waals surface area contributed by atoms with Crippen molar-refractivity contribution in [2.75, 3.05) is 0 Å². The summed E-state index contributed by atoms with van der Waals surface area (Å²) in [6.45, 7) is 1.97. The number of aryl methyl sites for hydroxylation is 1. The number of carboxylic acids is 1. The largest absolute Gasteiger partial charge is 0.481 e. The van der Waals surface area contributed by atoms with Crippen molar-refractivity contribution in [1.29, 1.82) is 0 Å². The standard InChI is InChI=1S/C18H21N3O3/c1-12-10-11-19-21(12)16-8-4-13(5-9-16)17(22)20-15-6-2-14(3-7-15)18(23)24/h4-5,8-11,14-15H,2-3,6-7H2,1H3,(H,20,22)(H,23,24). The molecular weight excluding hydrogens is 306 g/mol. The van der Waals surface area contributed by atoms with Gasteiger partial charge in [-0.3, -0.25) is 9.59 Å². The Bertz CT molecular complexity index is 728. The van der Waals surface area contributed by atoms with Crippen LogP contribution in [0.2, 0.25) is 0 Å². The first-order valence-electron chi connectivity index (χ1n) is 8.19. The maximum Gasteiger partial charge on any atom is 0.306 e. The van der Waals surface area contributed by atoms with Crippen LogP contribution >= 0.6 is 0 Å². The van der Waals surface area contributed by atoms with Crippen molar-refractivity contribution in [3.05, 3.63) is 47.8 Å². The average molecular weight is 327 g/mol. The SMILES string of the molecule is Cc1ccnn1-c1ccc(C(=O)NC2CCC(C(=O)O)CC2)cc1. The highest BCUT2D eigenvalue weighted by Crippen LogP contribution is 2.24. The van der Waals surface area contributed by atoms with Crippen LogP contribution in [0.5, 0.6) is 0 Å². The monoisotopic (exact) mass is 327 g/mol. The van der Waals surface area contributed by atoms with Crippen LogP contribution in [0.4, 0.5) is 0 Å². The highest BCUT2D eigenvalue weighted by atomic mass is 16.4. The minimum atomic E-state index is -0.732. The quantitative estimate of drug-likeness (QED) is 0.904. The maximum atomic E-state index is 12.3. The minimum absolute atomic E-state index is 0.0566. The number of benzene rings is 1. The van der Waals surface area contributed by atoms with Crippen molar-refractivity contribution in [2.24, 2.45) is 5.92 Å². The molecule has 1 amide bonds. The lowest BCUT2D eigenvalue weighted by Gasteiger charge is -2.26. The van der Waals surface area contributed by atoms with E-state index in [1.165, 1.54) is 0 Å². The lowest BCUT2D eigenvalue weighted by molar-refractivity contribution is -0.142. The molecule has 1 heterocycles. The molecule has 1 aromatic heterocycles. The average Bonchev–Trinajstić information content (AvgIpc) is 3.01. The van der Waals surface area contributed by atoms with Gasteiger partial charge in [-0.1, -0.05) is 0 Å². The van der Waals surface area contributed by atoms with Crippen molar-refractivity contribution >= 4 is 11.9 Å². The number of carbonyl (C=O) groups excluding carboxylic acids is 1. The first-order chi connectivity index (χ1) is 11.5. The summed E-state index contributed by atoms with van der Waals surface area (Å²) in [6.07, 6.45) is 4.42. The zero-order valence-corrected chi connectivity index (χ0v) is 13.6. The van der Waals surface area contributed by atoms with Crippen LogP contribution in [0.3, 0.4) is 0 Å². The van der Waals surface area contributed by atoms with Crippen molar-refractivity contribution in [2.45, 2.75) is 38.6 Å². The van der Waals surface area contributed by atoms with Crippen molar-refractivity contribution < 1.29 is 14.7 Å². The molecule has 1 fully saturated rings. The Morgan fingerprint density at radius 1 is 1.12 bits per heavy atom. The Kier molecular flexibility index (Phi) is 4.64. The van der Waals surface area contributed by atoms with E-state index in [0.717, 1.165) is 11.4 Å². The number of carboxylic acid groups (broad SMARTS) is 1. The van der Waals surface area contributed by atoms with Crippen molar-refractivity contribution in [3.8, 4) is 5.69 Å². The second-order valence-corrected chi connectivity index (χ2v) is 6.29. The van der Waals surface area contributed by atoms with E-state index in [9.17, 15) is 9.59 Å². The van der Waals surface area contributed by atoms with E-state index in [4.69, 9.17) is 5.11 Å². The summed E-state index contributed by atoms with van der Waals surface area (Å²) in [5.74, 6) is -1.11. The number of aromatic nitrogens is 2. The van der Waals surface area contributed by atoms with Crippen LogP contribution in [-0.2, 0) is 4.79 Å². The fraction of sp³-hybridized carbons (Fsp3) is 0.389. The van der Waals surface area contributed by atoms with Crippen molar-refractivity contribution in [1.82, 2.24) is 15.1 Å². The van der Waals surface area contributed by atoms with E-state index in [1.54, 1.807) is 18.3 Å². The number of hydrogen-bond acceptors (Lipinski definition) is 3. The molecule has 0 atom stereocenters. The van der Waals surface area contributed by atoms with Gasteiger partial charge >= 0.3 is 5.97 Å². The van der Waals surface area contributed by atoms with Gasteiger partial charge in [-0.15, -0.1) is 0 Å². The van der Waals surface area contributed by atoms with Crippen LogP contribution < -0.4 is 5.32 Å². The fourth-order valence-electron chi connectivity index (χ4n) is 3.15. The van der Waals surface area contributed by atoms with Gasteiger partial charge < -0.3 is 10.4 Å². The smallest absolute Gasteiger partial charge is 0.306 e. The molecule has 0 saturated heterocycles. The van der Waals surface area contributed by atoms with Gasteiger partial charge in [-0.05, 0) is 62.9 Å². The number of aliphatic carboxylic acids is 1. The van der Waals surface area contributed by atoms with Gasteiger partial charge in [0.1, 0.15) is 0 Å². The molecule has 6 nitrogen and oxygen atoms in total. The predicted molar refractivity (Wildman–Crippen MR) is 89.1 cm³/mol. The highest BCUT2D eigenvalue weighted by Gasteiger charge is 2.26. The number of amides is 1. The Labute approximate surface area is 140 Å². The zero-order chi connectivity index (χ0) is 17.1. The Balaban J connectivity index is 1.60. The summed E-state index contributed by atoms with van der Waals surface area (Å²) < 4.78 is 1.81. The highest BCUT2D eigenvalue weighted by molar-refractivity contribution is 5.94. The minimum Gasteiger partial charge on any atom is -0.481 e.